The third-order valence-electron chi connectivity index (χ3n) is 7.00. The minimum absolute atomic E-state index is 0.0615. The molecule has 0 unspecified atom stereocenters. The Hall–Kier alpha value is -3.89. The maximum atomic E-state index is 13.2. The van der Waals surface area contributed by atoms with Crippen molar-refractivity contribution in [1.82, 2.24) is 20.3 Å². The van der Waals surface area contributed by atoms with Gasteiger partial charge in [-0.1, -0.05) is 55.5 Å². The van der Waals surface area contributed by atoms with E-state index in [-0.39, 0.29) is 35.9 Å². The third kappa shape index (κ3) is 7.81. The Morgan fingerprint density at radius 1 is 0.923 bits per heavy atom. The minimum atomic E-state index is -4.46. The van der Waals surface area contributed by atoms with Crippen molar-refractivity contribution < 1.29 is 18.0 Å². The fourth-order valence-electron chi connectivity index (χ4n) is 4.74. The van der Waals surface area contributed by atoms with E-state index in [1.165, 1.54) is 17.7 Å². The Bertz CT molecular complexity index is 1230. The van der Waals surface area contributed by atoms with Crippen molar-refractivity contribution in [2.75, 3.05) is 29.5 Å². The molecular weight excluding hydrogens is 507 g/mol. The number of hydrogen-bond donors (Lipinski definition) is 4. The molecule has 208 valence electrons. The van der Waals surface area contributed by atoms with Gasteiger partial charge >= 0.3 is 6.18 Å². The van der Waals surface area contributed by atoms with Crippen molar-refractivity contribution in [3.05, 3.63) is 71.3 Å². The molecule has 2 aromatic carbocycles. The summed E-state index contributed by atoms with van der Waals surface area (Å²) < 4.78 is 39.7. The quantitative estimate of drug-likeness (QED) is 0.271. The van der Waals surface area contributed by atoms with Crippen LogP contribution < -0.4 is 21.3 Å². The molecule has 39 heavy (non-hydrogen) atoms. The zero-order chi connectivity index (χ0) is 27.8. The molecule has 8 nitrogen and oxygen atoms in total. The first-order valence-corrected chi connectivity index (χ1v) is 13.1. The Morgan fingerprint density at radius 3 is 2.26 bits per heavy atom. The van der Waals surface area contributed by atoms with E-state index in [0.717, 1.165) is 6.07 Å². The van der Waals surface area contributed by atoms with E-state index in [1.54, 1.807) is 13.1 Å². The lowest BCUT2D eigenvalue weighted by molar-refractivity contribution is -0.138. The number of hydrogen-bond acceptors (Lipinski definition) is 7. The molecule has 0 spiro atoms. The summed E-state index contributed by atoms with van der Waals surface area (Å²) in [5, 5.41) is 12.3. The number of benzene rings is 2. The van der Waals surface area contributed by atoms with E-state index in [2.05, 4.69) is 55.3 Å². The summed E-state index contributed by atoms with van der Waals surface area (Å²) in [5.41, 5.74) is 0.558. The molecule has 1 aromatic heterocycles. The molecule has 1 fully saturated rings. The number of carbonyl (C=O) groups is 1. The average molecular weight is 542 g/mol. The number of carbonyl (C=O) groups excluding carboxylic acids is 1. The van der Waals surface area contributed by atoms with Gasteiger partial charge in [-0.15, -0.1) is 0 Å². The van der Waals surface area contributed by atoms with Gasteiger partial charge < -0.3 is 21.3 Å². The van der Waals surface area contributed by atoms with Gasteiger partial charge in [0.05, 0.1) is 5.56 Å². The number of nitrogens with zero attached hydrogens (tertiary/aromatic N) is 3. The summed E-state index contributed by atoms with van der Waals surface area (Å²) in [7, 11) is 1.74. The van der Waals surface area contributed by atoms with Crippen LogP contribution in [-0.2, 0) is 17.5 Å². The number of rotatable bonds is 10. The molecule has 0 saturated heterocycles. The largest absolute Gasteiger partial charge is 0.416 e. The standard InChI is InChI=1S/C28H34F3N7O/c1-18(19-8-4-3-5-9-19)16-34-26-36-25(32-2)37-27(38-26)35-22-14-12-20(13-15-22)24(39)33-17-21-10-6-7-11-23(21)28(29,30)31/h3-11,18,20,22H,12-17H2,1-2H3,(H,33,39)(H3,32,34,35,36,37,38)/t18-,20-,22-/m0/s1. The molecule has 4 rings (SSSR count). The Kier molecular flexibility index (Phi) is 9.21. The van der Waals surface area contributed by atoms with Crippen molar-refractivity contribution in [3.8, 4) is 0 Å². The second-order valence-corrected chi connectivity index (χ2v) is 9.81. The van der Waals surface area contributed by atoms with Gasteiger partial charge in [0.25, 0.3) is 0 Å². The van der Waals surface area contributed by atoms with Crippen LogP contribution in [0.3, 0.4) is 0 Å². The van der Waals surface area contributed by atoms with Crippen LogP contribution in [0.5, 0.6) is 0 Å². The fourth-order valence-corrected chi connectivity index (χ4v) is 4.74. The topological polar surface area (TPSA) is 104 Å². The van der Waals surface area contributed by atoms with E-state index in [0.29, 0.717) is 50.1 Å². The van der Waals surface area contributed by atoms with Crippen LogP contribution in [0.2, 0.25) is 0 Å². The molecular formula is C28H34F3N7O. The third-order valence-corrected chi connectivity index (χ3v) is 7.00. The monoisotopic (exact) mass is 541 g/mol. The Labute approximate surface area is 226 Å². The van der Waals surface area contributed by atoms with Gasteiger partial charge in [0.15, 0.2) is 0 Å². The highest BCUT2D eigenvalue weighted by molar-refractivity contribution is 5.78. The highest BCUT2D eigenvalue weighted by Crippen LogP contribution is 2.32. The smallest absolute Gasteiger partial charge is 0.357 e. The van der Waals surface area contributed by atoms with E-state index >= 15 is 0 Å². The summed E-state index contributed by atoms with van der Waals surface area (Å²) in [4.78, 5) is 26.0. The van der Waals surface area contributed by atoms with Crippen LogP contribution in [0.1, 0.15) is 55.2 Å². The van der Waals surface area contributed by atoms with Crippen LogP contribution in [0.25, 0.3) is 0 Å². The molecule has 1 amide bonds. The van der Waals surface area contributed by atoms with Crippen LogP contribution >= 0.6 is 0 Å². The van der Waals surface area contributed by atoms with Gasteiger partial charge in [-0.2, -0.15) is 28.1 Å². The molecule has 4 N–H and O–H groups in total. The molecule has 0 bridgehead atoms. The lowest BCUT2D eigenvalue weighted by atomic mass is 9.85. The number of alkyl halides is 3. The number of nitrogens with one attached hydrogen (secondary N) is 4. The van der Waals surface area contributed by atoms with E-state index in [9.17, 15) is 18.0 Å². The maximum absolute atomic E-state index is 13.2. The van der Waals surface area contributed by atoms with Crippen molar-refractivity contribution in [3.63, 3.8) is 0 Å². The molecule has 1 aliphatic carbocycles. The number of halogens is 3. The van der Waals surface area contributed by atoms with Gasteiger partial charge in [0.1, 0.15) is 0 Å². The molecule has 11 heteroatoms. The van der Waals surface area contributed by atoms with Gasteiger partial charge in [-0.3, -0.25) is 4.79 Å². The number of aromatic nitrogens is 3. The van der Waals surface area contributed by atoms with Crippen molar-refractivity contribution in [2.45, 2.75) is 57.3 Å². The van der Waals surface area contributed by atoms with Crippen LogP contribution in [-0.4, -0.2) is 40.5 Å². The second-order valence-electron chi connectivity index (χ2n) is 9.81. The fraction of sp³-hybridized carbons (Fsp3) is 0.429. The first-order chi connectivity index (χ1) is 18.7. The summed E-state index contributed by atoms with van der Waals surface area (Å²) in [6.07, 6.45) is -1.79. The molecule has 1 saturated carbocycles. The highest BCUT2D eigenvalue weighted by atomic mass is 19.4. The van der Waals surface area contributed by atoms with Crippen LogP contribution in [0.15, 0.2) is 54.6 Å². The normalized spacial score (nSPS) is 18.2. The average Bonchev–Trinajstić information content (AvgIpc) is 2.95. The Balaban J connectivity index is 1.28. The zero-order valence-electron chi connectivity index (χ0n) is 22.1. The molecule has 1 heterocycles. The summed E-state index contributed by atoms with van der Waals surface area (Å²) in [6, 6.07) is 15.6. The van der Waals surface area contributed by atoms with Gasteiger partial charge in [-0.25, -0.2) is 0 Å². The first-order valence-electron chi connectivity index (χ1n) is 13.1. The molecule has 1 atom stereocenters. The first kappa shape index (κ1) is 28.1. The van der Waals surface area contributed by atoms with Gasteiger partial charge in [0.2, 0.25) is 23.8 Å². The summed E-state index contributed by atoms with van der Waals surface area (Å²) >= 11 is 0. The summed E-state index contributed by atoms with van der Waals surface area (Å²) in [6.45, 7) is 2.64. The minimum Gasteiger partial charge on any atom is -0.357 e. The predicted molar refractivity (Wildman–Crippen MR) is 145 cm³/mol. The zero-order valence-corrected chi connectivity index (χ0v) is 22.1. The number of amides is 1. The molecule has 3 aromatic rings. The Morgan fingerprint density at radius 2 is 1.56 bits per heavy atom. The van der Waals surface area contributed by atoms with E-state index < -0.39 is 11.7 Å². The lowest BCUT2D eigenvalue weighted by Gasteiger charge is -2.28. The second kappa shape index (κ2) is 12.8. The van der Waals surface area contributed by atoms with Crippen LogP contribution in [0, 0.1) is 5.92 Å². The van der Waals surface area contributed by atoms with Crippen molar-refractivity contribution in [1.29, 1.82) is 0 Å². The van der Waals surface area contributed by atoms with E-state index in [1.807, 2.05) is 18.2 Å². The number of anilines is 3. The molecule has 1 aliphatic rings. The predicted octanol–water partition coefficient (Wildman–Crippen LogP) is 5.43. The summed E-state index contributed by atoms with van der Waals surface area (Å²) in [5.74, 6) is 1.15. The molecule has 0 aliphatic heterocycles. The van der Waals surface area contributed by atoms with Crippen molar-refractivity contribution >= 4 is 23.8 Å². The van der Waals surface area contributed by atoms with Gasteiger partial charge in [-0.05, 0) is 48.8 Å². The van der Waals surface area contributed by atoms with E-state index in [4.69, 9.17) is 0 Å². The maximum Gasteiger partial charge on any atom is 0.416 e. The van der Waals surface area contributed by atoms with Crippen molar-refractivity contribution in [2.24, 2.45) is 5.92 Å². The van der Waals surface area contributed by atoms with Crippen LogP contribution in [0.4, 0.5) is 31.0 Å². The van der Waals surface area contributed by atoms with Gasteiger partial charge in [0, 0.05) is 32.1 Å². The SMILES string of the molecule is CNc1nc(NC[C@H](C)c2ccccc2)nc(N[C@H]2CC[C@H](C(=O)NCc3ccccc3C(F)(F)F)CC2)n1. The highest BCUT2D eigenvalue weighted by Gasteiger charge is 2.33. The molecule has 0 radical (unpaired) electrons. The lowest BCUT2D eigenvalue weighted by Crippen LogP contribution is -2.36.